The van der Waals surface area contributed by atoms with Crippen LogP contribution in [0.2, 0.25) is 0 Å². The van der Waals surface area contributed by atoms with E-state index in [2.05, 4.69) is 160 Å². The maximum atomic E-state index is 2.48. The van der Waals surface area contributed by atoms with E-state index in [1.54, 1.807) is 0 Å². The summed E-state index contributed by atoms with van der Waals surface area (Å²) in [5, 5.41) is 5.30. The maximum absolute atomic E-state index is 2.48. The second-order valence-corrected chi connectivity index (χ2v) is 12.1. The number of benzene rings is 5. The maximum Gasteiger partial charge on any atom is 4.00 e. The van der Waals surface area contributed by atoms with Gasteiger partial charge in [0, 0.05) is 0 Å². The van der Waals surface area contributed by atoms with Crippen LogP contribution in [0.15, 0.2) is 140 Å². The third-order valence-corrected chi connectivity index (χ3v) is 9.55. The SMILES string of the molecule is CCc1ccccc1-c1cccc2[cH-]c(C(C)(Cc3ccccc3)c3cc4c(-c5ccccc5CC)cccc4[cH-]3)cc12.[CH3-].[CH3-].[Hf+4]. The number of hydrogen-bond acceptors (Lipinski definition) is 0. The van der Waals surface area contributed by atoms with Gasteiger partial charge in [0.25, 0.3) is 0 Å². The van der Waals surface area contributed by atoms with Gasteiger partial charge in [-0.2, -0.15) is 12.1 Å². The van der Waals surface area contributed by atoms with E-state index in [1.807, 2.05) is 0 Å². The van der Waals surface area contributed by atoms with Crippen LogP contribution in [0, 0.1) is 14.9 Å². The molecule has 0 nitrogen and oxygen atoms in total. The largest absolute Gasteiger partial charge is 4.00 e. The number of rotatable bonds is 8. The quantitative estimate of drug-likeness (QED) is 0.107. The Morgan fingerprint density at radius 2 is 0.913 bits per heavy atom. The Labute approximate surface area is 295 Å². The monoisotopic (exact) mass is 764 g/mol. The summed E-state index contributed by atoms with van der Waals surface area (Å²) in [6, 6.07) is 52.2. The molecule has 0 unspecified atom stereocenters. The van der Waals surface area contributed by atoms with Crippen molar-refractivity contribution in [2.45, 2.75) is 45.4 Å². The van der Waals surface area contributed by atoms with E-state index in [9.17, 15) is 0 Å². The summed E-state index contributed by atoms with van der Waals surface area (Å²) in [5.41, 5.74) is 12.0. The Kier molecular flexibility index (Phi) is 11.2. The van der Waals surface area contributed by atoms with Gasteiger partial charge in [-0.15, -0.1) is 69.1 Å². The van der Waals surface area contributed by atoms with E-state index in [0.717, 1.165) is 19.3 Å². The summed E-state index contributed by atoms with van der Waals surface area (Å²) >= 11 is 0. The number of fused-ring (bicyclic) bond motifs is 2. The van der Waals surface area contributed by atoms with Crippen molar-refractivity contribution < 1.29 is 25.8 Å². The van der Waals surface area contributed by atoms with Crippen molar-refractivity contribution in [2.24, 2.45) is 0 Å². The van der Waals surface area contributed by atoms with Gasteiger partial charge in [0.1, 0.15) is 0 Å². The van der Waals surface area contributed by atoms with E-state index in [1.165, 1.54) is 71.6 Å². The summed E-state index contributed by atoms with van der Waals surface area (Å²) in [4.78, 5) is 0. The molecular weight excluding hydrogens is 719 g/mol. The van der Waals surface area contributed by atoms with Crippen LogP contribution in [0.1, 0.15) is 48.6 Å². The number of aryl methyl sites for hydroxylation is 2. The second-order valence-electron chi connectivity index (χ2n) is 12.1. The minimum absolute atomic E-state index is 0. The molecule has 0 aromatic heterocycles. The molecule has 0 amide bonds. The summed E-state index contributed by atoms with van der Waals surface area (Å²) in [5.74, 6) is 0. The number of hydrogen-bond donors (Lipinski definition) is 0. The van der Waals surface area contributed by atoms with Crippen molar-refractivity contribution >= 4 is 21.5 Å². The Hall–Kier alpha value is -3.81. The van der Waals surface area contributed by atoms with Crippen LogP contribution in [0.25, 0.3) is 43.8 Å². The Morgan fingerprint density at radius 3 is 1.37 bits per heavy atom. The zero-order chi connectivity index (χ0) is 29.4. The first-order chi connectivity index (χ1) is 21.1. The molecule has 0 N–H and O–H groups in total. The fourth-order valence-electron chi connectivity index (χ4n) is 7.13. The molecule has 0 fully saturated rings. The molecule has 0 aliphatic heterocycles. The van der Waals surface area contributed by atoms with E-state index >= 15 is 0 Å². The smallest absolute Gasteiger partial charge is 0.358 e. The van der Waals surface area contributed by atoms with Gasteiger partial charge in [0.2, 0.25) is 0 Å². The molecule has 0 spiro atoms. The van der Waals surface area contributed by atoms with Crippen LogP contribution in [0.5, 0.6) is 0 Å². The van der Waals surface area contributed by atoms with E-state index in [0.29, 0.717) is 0 Å². The van der Waals surface area contributed by atoms with Crippen molar-refractivity contribution in [1.82, 2.24) is 0 Å². The van der Waals surface area contributed by atoms with Crippen molar-refractivity contribution in [3.05, 3.63) is 182 Å². The molecule has 46 heavy (non-hydrogen) atoms. The normalized spacial score (nSPS) is 11.1. The molecular formula is C45H44Hf. The fourth-order valence-corrected chi connectivity index (χ4v) is 7.13. The van der Waals surface area contributed by atoms with Gasteiger partial charge in [-0.1, -0.05) is 123 Å². The third-order valence-electron chi connectivity index (χ3n) is 9.55. The minimum atomic E-state index is -0.206. The Morgan fingerprint density at radius 1 is 0.500 bits per heavy atom. The van der Waals surface area contributed by atoms with Crippen LogP contribution < -0.4 is 0 Å². The third kappa shape index (κ3) is 6.27. The van der Waals surface area contributed by atoms with Gasteiger partial charge in [0.15, 0.2) is 0 Å². The first kappa shape index (κ1) is 35.1. The molecule has 0 saturated carbocycles. The van der Waals surface area contributed by atoms with Crippen LogP contribution in [-0.2, 0) is 50.5 Å². The predicted molar refractivity (Wildman–Crippen MR) is 198 cm³/mol. The van der Waals surface area contributed by atoms with Gasteiger partial charge >= 0.3 is 25.8 Å². The molecule has 0 bridgehead atoms. The van der Waals surface area contributed by atoms with Gasteiger partial charge in [-0.3, -0.25) is 0 Å². The molecule has 0 aliphatic carbocycles. The van der Waals surface area contributed by atoms with Crippen LogP contribution >= 0.6 is 0 Å². The van der Waals surface area contributed by atoms with Crippen LogP contribution in [0.4, 0.5) is 0 Å². The standard InChI is InChI=1S/C43H38.2CH3.Hf/c1-4-31-17-9-11-21-37(31)39-23-13-19-33-25-35(27-41(33)39)43(3,29-30-15-7-6-8-16-30)36-26-34-20-14-24-40(42(34)28-36)38-22-12-10-18-32(38)5-2;;;/h6-28H,4-5,29H2,1-3H3;2*1H3;/q-2;2*-1;+4. The average Bonchev–Trinajstić information content (AvgIpc) is 3.71. The molecule has 0 saturated heterocycles. The topological polar surface area (TPSA) is 0 Å². The predicted octanol–water partition coefficient (Wildman–Crippen LogP) is 12.3. The summed E-state index contributed by atoms with van der Waals surface area (Å²) in [6.45, 7) is 6.95. The molecule has 0 heterocycles. The zero-order valence-corrected chi connectivity index (χ0v) is 31.5. The molecule has 7 aromatic carbocycles. The Balaban J connectivity index is 0.00000160. The van der Waals surface area contributed by atoms with E-state index in [-0.39, 0.29) is 46.1 Å². The Bertz CT molecular complexity index is 1910. The van der Waals surface area contributed by atoms with Gasteiger partial charge < -0.3 is 14.9 Å². The van der Waals surface area contributed by atoms with Gasteiger partial charge in [-0.25, -0.2) is 0 Å². The fraction of sp³-hybridized carbons (Fsp3) is 0.156. The molecule has 0 radical (unpaired) electrons. The molecule has 1 heteroatoms. The first-order valence-corrected chi connectivity index (χ1v) is 15.7. The van der Waals surface area contributed by atoms with Gasteiger partial charge in [0.05, 0.1) is 0 Å². The second kappa shape index (κ2) is 14.7. The van der Waals surface area contributed by atoms with Crippen molar-refractivity contribution in [3.8, 4) is 22.3 Å². The van der Waals surface area contributed by atoms with Crippen LogP contribution in [0.3, 0.4) is 0 Å². The molecule has 0 atom stereocenters. The van der Waals surface area contributed by atoms with Crippen LogP contribution in [-0.4, -0.2) is 0 Å². The minimum Gasteiger partial charge on any atom is -0.358 e. The van der Waals surface area contributed by atoms with Crippen molar-refractivity contribution in [3.63, 3.8) is 0 Å². The zero-order valence-electron chi connectivity index (χ0n) is 27.9. The first-order valence-electron chi connectivity index (χ1n) is 15.7. The molecule has 228 valence electrons. The van der Waals surface area contributed by atoms with E-state index in [4.69, 9.17) is 0 Å². The molecule has 7 rings (SSSR count). The summed E-state index contributed by atoms with van der Waals surface area (Å²) in [6.07, 6.45) is 2.98. The summed E-state index contributed by atoms with van der Waals surface area (Å²) in [7, 11) is 0. The van der Waals surface area contributed by atoms with Crippen molar-refractivity contribution in [1.29, 1.82) is 0 Å². The average molecular weight is 763 g/mol. The summed E-state index contributed by atoms with van der Waals surface area (Å²) < 4.78 is 0. The van der Waals surface area contributed by atoms with Crippen molar-refractivity contribution in [2.75, 3.05) is 0 Å². The van der Waals surface area contributed by atoms with E-state index < -0.39 is 0 Å². The molecule has 0 aliphatic rings. The van der Waals surface area contributed by atoms with Gasteiger partial charge in [-0.05, 0) is 52.5 Å². The molecule has 7 aromatic rings.